The molecule has 4 nitrogen and oxygen atoms in total. The van der Waals surface area contributed by atoms with Crippen LogP contribution in [-0.4, -0.2) is 42.6 Å². The van der Waals surface area contributed by atoms with E-state index in [2.05, 4.69) is 17.3 Å². The molecule has 1 amide bonds. The highest BCUT2D eigenvalue weighted by Gasteiger charge is 2.19. The number of nitrogens with one attached hydrogen (secondary N) is 1. The van der Waals surface area contributed by atoms with Gasteiger partial charge in [-0.1, -0.05) is 18.2 Å². The molecular formula is C15H22N2O2. The van der Waals surface area contributed by atoms with Crippen LogP contribution < -0.4 is 5.32 Å². The standard InChI is InChI=1S/C15H22N2O2/c1-17-9-8-12(11-17)10-16-15(19)7-6-13-4-2-3-5-14(13)18/h2-5,12,18H,6-11H2,1H3,(H,16,19)/t12-/m1/s1. The first kappa shape index (κ1) is 13.9. The molecule has 0 bridgehead atoms. The van der Waals surface area contributed by atoms with Crippen LogP contribution >= 0.6 is 0 Å². The third-order valence-electron chi connectivity index (χ3n) is 3.69. The Balaban J connectivity index is 1.69. The number of nitrogens with zero attached hydrogens (tertiary/aromatic N) is 1. The fourth-order valence-electron chi connectivity index (χ4n) is 2.51. The number of hydrogen-bond acceptors (Lipinski definition) is 3. The van der Waals surface area contributed by atoms with Crippen molar-refractivity contribution >= 4 is 5.91 Å². The van der Waals surface area contributed by atoms with Gasteiger partial charge in [0, 0.05) is 19.5 Å². The molecule has 1 atom stereocenters. The molecule has 1 aromatic carbocycles. The van der Waals surface area contributed by atoms with Crippen molar-refractivity contribution in [2.45, 2.75) is 19.3 Å². The largest absolute Gasteiger partial charge is 0.508 e. The molecule has 1 heterocycles. The van der Waals surface area contributed by atoms with Gasteiger partial charge in [-0.15, -0.1) is 0 Å². The minimum Gasteiger partial charge on any atom is -0.508 e. The number of phenols is 1. The van der Waals surface area contributed by atoms with E-state index < -0.39 is 0 Å². The SMILES string of the molecule is CN1CC[C@H](CNC(=O)CCc2ccccc2O)C1. The number of para-hydroxylation sites is 1. The molecular weight excluding hydrogens is 240 g/mol. The summed E-state index contributed by atoms with van der Waals surface area (Å²) in [5.41, 5.74) is 0.832. The Kier molecular flexibility index (Phi) is 4.80. The summed E-state index contributed by atoms with van der Waals surface area (Å²) < 4.78 is 0. The highest BCUT2D eigenvalue weighted by molar-refractivity contribution is 5.76. The van der Waals surface area contributed by atoms with Crippen LogP contribution in [0.1, 0.15) is 18.4 Å². The zero-order chi connectivity index (χ0) is 13.7. The van der Waals surface area contributed by atoms with E-state index in [0.29, 0.717) is 18.8 Å². The number of benzene rings is 1. The number of carbonyl (C=O) groups excluding carboxylic acids is 1. The maximum Gasteiger partial charge on any atom is 0.220 e. The van der Waals surface area contributed by atoms with E-state index in [0.717, 1.165) is 31.6 Å². The summed E-state index contributed by atoms with van der Waals surface area (Å²) in [4.78, 5) is 14.1. The molecule has 1 aliphatic rings. The molecule has 19 heavy (non-hydrogen) atoms. The predicted octanol–water partition coefficient (Wildman–Crippen LogP) is 1.39. The molecule has 4 heteroatoms. The molecule has 104 valence electrons. The van der Waals surface area contributed by atoms with E-state index in [1.807, 2.05) is 12.1 Å². The van der Waals surface area contributed by atoms with Crippen molar-refractivity contribution in [3.63, 3.8) is 0 Å². The lowest BCUT2D eigenvalue weighted by atomic mass is 10.1. The lowest BCUT2D eigenvalue weighted by Crippen LogP contribution is -2.30. The zero-order valence-corrected chi connectivity index (χ0v) is 11.4. The lowest BCUT2D eigenvalue weighted by Gasteiger charge is -2.11. The fourth-order valence-corrected chi connectivity index (χ4v) is 2.51. The maximum absolute atomic E-state index is 11.8. The Bertz CT molecular complexity index is 434. The Morgan fingerprint density at radius 1 is 1.47 bits per heavy atom. The first-order valence-electron chi connectivity index (χ1n) is 6.87. The van der Waals surface area contributed by atoms with E-state index >= 15 is 0 Å². The van der Waals surface area contributed by atoms with Gasteiger partial charge in [0.2, 0.25) is 5.91 Å². The summed E-state index contributed by atoms with van der Waals surface area (Å²) in [6.07, 6.45) is 2.18. The van der Waals surface area contributed by atoms with Gasteiger partial charge in [0.05, 0.1) is 0 Å². The zero-order valence-electron chi connectivity index (χ0n) is 11.4. The fraction of sp³-hybridized carbons (Fsp3) is 0.533. The topological polar surface area (TPSA) is 52.6 Å². The van der Waals surface area contributed by atoms with Gasteiger partial charge in [-0.25, -0.2) is 0 Å². The molecule has 1 saturated heterocycles. The van der Waals surface area contributed by atoms with Crippen molar-refractivity contribution < 1.29 is 9.90 Å². The predicted molar refractivity (Wildman–Crippen MR) is 75.0 cm³/mol. The number of likely N-dealkylation sites (tertiary alicyclic amines) is 1. The van der Waals surface area contributed by atoms with Crippen LogP contribution in [0.5, 0.6) is 5.75 Å². The molecule has 1 fully saturated rings. The van der Waals surface area contributed by atoms with Gasteiger partial charge < -0.3 is 15.3 Å². The second-order valence-corrected chi connectivity index (χ2v) is 5.35. The Morgan fingerprint density at radius 3 is 2.95 bits per heavy atom. The van der Waals surface area contributed by atoms with E-state index in [1.165, 1.54) is 0 Å². The number of amides is 1. The first-order chi connectivity index (χ1) is 9.15. The summed E-state index contributed by atoms with van der Waals surface area (Å²) >= 11 is 0. The average Bonchev–Trinajstić information content (AvgIpc) is 2.81. The van der Waals surface area contributed by atoms with Crippen LogP contribution in [0, 0.1) is 5.92 Å². The summed E-state index contributed by atoms with van der Waals surface area (Å²) in [6, 6.07) is 7.17. The molecule has 1 aromatic rings. The molecule has 0 aliphatic carbocycles. The number of aryl methyl sites for hydroxylation is 1. The summed E-state index contributed by atoms with van der Waals surface area (Å²) in [5.74, 6) is 0.921. The van der Waals surface area contributed by atoms with Crippen LogP contribution in [-0.2, 0) is 11.2 Å². The van der Waals surface area contributed by atoms with Crippen molar-refractivity contribution in [2.24, 2.45) is 5.92 Å². The van der Waals surface area contributed by atoms with Crippen molar-refractivity contribution in [1.29, 1.82) is 0 Å². The van der Waals surface area contributed by atoms with Crippen LogP contribution in [0.3, 0.4) is 0 Å². The Labute approximate surface area is 114 Å². The van der Waals surface area contributed by atoms with Gasteiger partial charge in [0.1, 0.15) is 5.75 Å². The van der Waals surface area contributed by atoms with Gasteiger partial charge in [-0.2, -0.15) is 0 Å². The number of hydrogen-bond donors (Lipinski definition) is 2. The number of carbonyl (C=O) groups is 1. The molecule has 0 spiro atoms. The van der Waals surface area contributed by atoms with Crippen molar-refractivity contribution in [1.82, 2.24) is 10.2 Å². The van der Waals surface area contributed by atoms with Gasteiger partial charge in [0.25, 0.3) is 0 Å². The smallest absolute Gasteiger partial charge is 0.220 e. The molecule has 0 aromatic heterocycles. The van der Waals surface area contributed by atoms with Crippen LogP contribution in [0.4, 0.5) is 0 Å². The quantitative estimate of drug-likeness (QED) is 0.843. The second-order valence-electron chi connectivity index (χ2n) is 5.35. The number of aromatic hydroxyl groups is 1. The van der Waals surface area contributed by atoms with Gasteiger partial charge in [-0.3, -0.25) is 4.79 Å². The van der Waals surface area contributed by atoms with Crippen LogP contribution in [0.2, 0.25) is 0 Å². The van der Waals surface area contributed by atoms with E-state index in [9.17, 15) is 9.90 Å². The normalized spacial score (nSPS) is 19.5. The molecule has 0 unspecified atom stereocenters. The average molecular weight is 262 g/mol. The third kappa shape index (κ3) is 4.24. The van der Waals surface area contributed by atoms with Gasteiger partial charge >= 0.3 is 0 Å². The van der Waals surface area contributed by atoms with Gasteiger partial charge in [0.15, 0.2) is 0 Å². The summed E-state index contributed by atoms with van der Waals surface area (Å²) in [5, 5.41) is 12.6. The minimum absolute atomic E-state index is 0.0674. The maximum atomic E-state index is 11.8. The summed E-state index contributed by atoms with van der Waals surface area (Å²) in [7, 11) is 2.11. The monoisotopic (exact) mass is 262 g/mol. The molecule has 1 aliphatic heterocycles. The van der Waals surface area contributed by atoms with Crippen LogP contribution in [0.25, 0.3) is 0 Å². The number of rotatable bonds is 5. The first-order valence-corrected chi connectivity index (χ1v) is 6.87. The van der Waals surface area contributed by atoms with E-state index in [-0.39, 0.29) is 11.7 Å². The summed E-state index contributed by atoms with van der Waals surface area (Å²) in [6.45, 7) is 2.96. The van der Waals surface area contributed by atoms with E-state index in [1.54, 1.807) is 12.1 Å². The minimum atomic E-state index is 0.0674. The lowest BCUT2D eigenvalue weighted by molar-refractivity contribution is -0.121. The Hall–Kier alpha value is -1.55. The van der Waals surface area contributed by atoms with Gasteiger partial charge in [-0.05, 0) is 44.0 Å². The van der Waals surface area contributed by atoms with Crippen LogP contribution in [0.15, 0.2) is 24.3 Å². The van der Waals surface area contributed by atoms with Crippen molar-refractivity contribution in [2.75, 3.05) is 26.7 Å². The van der Waals surface area contributed by atoms with Crippen molar-refractivity contribution in [3.05, 3.63) is 29.8 Å². The number of phenolic OH excluding ortho intramolecular Hbond substituents is 1. The van der Waals surface area contributed by atoms with Crippen molar-refractivity contribution in [3.8, 4) is 5.75 Å². The second kappa shape index (κ2) is 6.57. The third-order valence-corrected chi connectivity index (χ3v) is 3.69. The molecule has 2 rings (SSSR count). The highest BCUT2D eigenvalue weighted by Crippen LogP contribution is 2.17. The molecule has 0 radical (unpaired) electrons. The molecule has 0 saturated carbocycles. The molecule has 2 N–H and O–H groups in total. The Morgan fingerprint density at radius 2 is 2.26 bits per heavy atom. The highest BCUT2D eigenvalue weighted by atomic mass is 16.3. The van der Waals surface area contributed by atoms with E-state index in [4.69, 9.17) is 0 Å².